The van der Waals surface area contributed by atoms with E-state index < -0.39 is 35.1 Å². The van der Waals surface area contributed by atoms with Crippen LogP contribution in [0.25, 0.3) is 32.1 Å². The van der Waals surface area contributed by atoms with Gasteiger partial charge in [0.1, 0.15) is 34.8 Å². The standard InChI is InChI=1S/C36H33ClF2N8O5S/c37-22-15-20-29(28(39)27(22)19-3-4-23(38)30-26(19)21(16-40)31(41)53-30)42-33(51-18-36-7-1-11-45(36)12-2-8-36)43-32(20)44-13-9-35(17-44)10-14-46(35)34(50)52-47-24(48)5-6-25(47)49/h3-4,15H,1-2,5-14,17-18,41H2. The highest BCUT2D eigenvalue weighted by Gasteiger charge is 2.54. The van der Waals surface area contributed by atoms with E-state index in [-0.39, 0.29) is 66.7 Å². The van der Waals surface area contributed by atoms with E-state index in [1.165, 1.54) is 17.0 Å². The van der Waals surface area contributed by atoms with Crippen LogP contribution in [0.1, 0.15) is 56.9 Å². The van der Waals surface area contributed by atoms with Gasteiger partial charge < -0.3 is 20.2 Å². The van der Waals surface area contributed by atoms with Crippen LogP contribution in [0.4, 0.5) is 24.4 Å². The molecule has 17 heteroatoms. The van der Waals surface area contributed by atoms with Gasteiger partial charge in [0.15, 0.2) is 5.82 Å². The van der Waals surface area contributed by atoms with Crippen LogP contribution < -0.4 is 15.4 Å². The molecule has 0 radical (unpaired) electrons. The smallest absolute Gasteiger partial charge is 0.435 e. The van der Waals surface area contributed by atoms with Crippen molar-refractivity contribution in [3.63, 3.8) is 0 Å². The Morgan fingerprint density at radius 3 is 2.49 bits per heavy atom. The Morgan fingerprint density at radius 2 is 1.79 bits per heavy atom. The Morgan fingerprint density at radius 1 is 1.06 bits per heavy atom. The number of imide groups is 1. The summed E-state index contributed by atoms with van der Waals surface area (Å²) in [5.41, 5.74) is 5.35. The van der Waals surface area contributed by atoms with Gasteiger partial charge in [-0.25, -0.2) is 13.6 Å². The number of carbonyl (C=O) groups is 3. The number of likely N-dealkylation sites (tertiary alicyclic amines) is 1. The maximum atomic E-state index is 17.2. The number of thiophene rings is 1. The van der Waals surface area contributed by atoms with Gasteiger partial charge in [-0.3, -0.25) is 19.4 Å². The summed E-state index contributed by atoms with van der Waals surface area (Å²) >= 11 is 7.80. The molecule has 4 aromatic rings. The Labute approximate surface area is 310 Å². The van der Waals surface area contributed by atoms with Gasteiger partial charge in [-0.15, -0.1) is 16.4 Å². The van der Waals surface area contributed by atoms with Crippen LogP contribution in [0.2, 0.25) is 5.02 Å². The van der Waals surface area contributed by atoms with Gasteiger partial charge >= 0.3 is 12.1 Å². The largest absolute Gasteiger partial charge is 0.461 e. The first-order valence-corrected chi connectivity index (χ1v) is 18.8. The first-order valence-electron chi connectivity index (χ1n) is 17.6. The second kappa shape index (κ2) is 12.4. The van der Waals surface area contributed by atoms with E-state index in [1.807, 2.05) is 11.0 Å². The predicted molar refractivity (Wildman–Crippen MR) is 191 cm³/mol. The number of aromatic nitrogens is 2. The van der Waals surface area contributed by atoms with Gasteiger partial charge in [-0.05, 0) is 69.3 Å². The SMILES string of the molecule is N#Cc1c(N)sc2c(F)ccc(-c3c(Cl)cc4c(N5CCC6(CCN6C(=O)ON6C(=O)CCC6=O)C5)nc(OCC56CCCN5CCC6)nc4c3F)c12. The molecule has 13 nitrogen and oxygen atoms in total. The number of nitrogens with two attached hydrogens (primary N) is 1. The molecule has 0 bridgehead atoms. The lowest BCUT2D eigenvalue weighted by molar-refractivity contribution is -0.177. The highest BCUT2D eigenvalue weighted by molar-refractivity contribution is 7.23. The zero-order valence-corrected chi connectivity index (χ0v) is 30.0. The fraction of sp³-hybridized carbons (Fsp3) is 0.444. The van der Waals surface area contributed by atoms with Crippen molar-refractivity contribution in [3.05, 3.63) is 40.4 Å². The number of benzene rings is 2. The molecule has 2 aromatic heterocycles. The van der Waals surface area contributed by atoms with Crippen molar-refractivity contribution in [1.29, 1.82) is 5.26 Å². The van der Waals surface area contributed by atoms with Crippen molar-refractivity contribution in [2.75, 3.05) is 50.0 Å². The summed E-state index contributed by atoms with van der Waals surface area (Å²) in [6.07, 6.45) is 4.41. The van der Waals surface area contributed by atoms with Crippen LogP contribution in [0.15, 0.2) is 18.2 Å². The molecule has 5 saturated heterocycles. The third kappa shape index (κ3) is 5.19. The van der Waals surface area contributed by atoms with Crippen LogP contribution in [-0.2, 0) is 14.4 Å². The van der Waals surface area contributed by atoms with Crippen molar-refractivity contribution in [3.8, 4) is 23.2 Å². The Kier molecular flexibility index (Phi) is 7.92. The first kappa shape index (κ1) is 34.0. The zero-order valence-electron chi connectivity index (χ0n) is 28.4. The molecule has 5 aliphatic heterocycles. The third-order valence-electron chi connectivity index (χ3n) is 11.7. The van der Waals surface area contributed by atoms with E-state index in [9.17, 15) is 24.0 Å². The number of nitrogen functional groups attached to an aromatic ring is 1. The molecule has 5 fully saturated rings. The summed E-state index contributed by atoms with van der Waals surface area (Å²) in [7, 11) is 0. The highest BCUT2D eigenvalue weighted by Crippen LogP contribution is 2.48. The lowest BCUT2D eigenvalue weighted by atomic mass is 9.84. The Balaban J connectivity index is 1.12. The number of fused-ring (bicyclic) bond motifs is 3. The van der Waals surface area contributed by atoms with Crippen LogP contribution in [0, 0.1) is 23.0 Å². The number of rotatable bonds is 6. The molecule has 7 heterocycles. The van der Waals surface area contributed by atoms with E-state index in [4.69, 9.17) is 31.9 Å². The van der Waals surface area contributed by atoms with Crippen molar-refractivity contribution in [2.45, 2.75) is 62.4 Å². The monoisotopic (exact) mass is 762 g/mol. The summed E-state index contributed by atoms with van der Waals surface area (Å²) < 4.78 is 38.6. The molecular formula is C36H33ClF2N8O5S. The van der Waals surface area contributed by atoms with Gasteiger partial charge in [0.25, 0.3) is 11.8 Å². The molecule has 0 saturated carbocycles. The van der Waals surface area contributed by atoms with E-state index in [0.29, 0.717) is 55.4 Å². The molecule has 53 heavy (non-hydrogen) atoms. The fourth-order valence-corrected chi connectivity index (χ4v) is 10.2. The minimum Gasteiger partial charge on any atom is -0.461 e. The Bertz CT molecular complexity index is 2290. The molecule has 1 spiro atoms. The molecule has 2 N–H and O–H groups in total. The lowest BCUT2D eigenvalue weighted by Gasteiger charge is -2.49. The highest BCUT2D eigenvalue weighted by atomic mass is 35.5. The van der Waals surface area contributed by atoms with E-state index in [0.717, 1.165) is 50.1 Å². The summed E-state index contributed by atoms with van der Waals surface area (Å²) in [4.78, 5) is 58.1. The predicted octanol–water partition coefficient (Wildman–Crippen LogP) is 5.76. The van der Waals surface area contributed by atoms with Crippen molar-refractivity contribution in [1.82, 2.24) is 24.8 Å². The molecule has 274 valence electrons. The fourth-order valence-electron chi connectivity index (χ4n) is 8.95. The second-order valence-corrected chi connectivity index (χ2v) is 15.9. The summed E-state index contributed by atoms with van der Waals surface area (Å²) in [6.45, 7) is 3.40. The molecule has 1 atom stereocenters. The quantitative estimate of drug-likeness (QED) is 0.238. The lowest BCUT2D eigenvalue weighted by Crippen LogP contribution is -2.64. The number of nitriles is 1. The number of anilines is 2. The summed E-state index contributed by atoms with van der Waals surface area (Å²) in [6, 6.07) is 6.14. The average Bonchev–Trinajstić information content (AvgIpc) is 3.95. The number of amides is 3. The van der Waals surface area contributed by atoms with Gasteiger partial charge in [-0.1, -0.05) is 17.7 Å². The molecule has 9 rings (SSSR count). The number of hydroxylamine groups is 2. The molecule has 3 amide bonds. The molecule has 2 aromatic carbocycles. The zero-order chi connectivity index (χ0) is 36.8. The van der Waals surface area contributed by atoms with E-state index in [1.54, 1.807) is 6.07 Å². The maximum Gasteiger partial charge on any atom is 0.435 e. The number of nitrogens with zero attached hydrogens (tertiary/aromatic N) is 7. The second-order valence-electron chi connectivity index (χ2n) is 14.5. The number of hydrogen-bond acceptors (Lipinski definition) is 12. The third-order valence-corrected chi connectivity index (χ3v) is 13.0. The first-order chi connectivity index (χ1) is 25.5. The topological polar surface area (TPSA) is 158 Å². The molecular weight excluding hydrogens is 730 g/mol. The number of hydrogen-bond donors (Lipinski definition) is 1. The number of ether oxygens (including phenoxy) is 1. The molecule has 0 aliphatic carbocycles. The van der Waals surface area contributed by atoms with Crippen LogP contribution in [0.3, 0.4) is 0 Å². The van der Waals surface area contributed by atoms with Gasteiger partial charge in [0.05, 0.1) is 26.4 Å². The van der Waals surface area contributed by atoms with E-state index in [2.05, 4.69) is 9.88 Å². The average molecular weight is 763 g/mol. The number of carbonyl (C=O) groups excluding carboxylic acids is 3. The van der Waals surface area contributed by atoms with Gasteiger partial charge in [0.2, 0.25) is 0 Å². The minimum atomic E-state index is -0.799. The normalized spacial score (nSPS) is 22.3. The van der Waals surface area contributed by atoms with Crippen LogP contribution >= 0.6 is 22.9 Å². The van der Waals surface area contributed by atoms with E-state index >= 15 is 4.39 Å². The van der Waals surface area contributed by atoms with Gasteiger partial charge in [-0.2, -0.15) is 15.2 Å². The molecule has 1 unspecified atom stereocenters. The molecule has 5 aliphatic rings. The summed E-state index contributed by atoms with van der Waals surface area (Å²) in [5.74, 6) is -2.16. The van der Waals surface area contributed by atoms with Crippen LogP contribution in [-0.4, -0.2) is 93.1 Å². The van der Waals surface area contributed by atoms with Crippen molar-refractivity contribution < 1.29 is 32.7 Å². The summed E-state index contributed by atoms with van der Waals surface area (Å²) in [5, 5.41) is 11.0. The van der Waals surface area contributed by atoms with Gasteiger partial charge in [0, 0.05) is 48.8 Å². The maximum absolute atomic E-state index is 17.2. The number of halogens is 3. The van der Waals surface area contributed by atoms with Crippen LogP contribution in [0.5, 0.6) is 6.01 Å². The minimum absolute atomic E-state index is 0.00997. The van der Waals surface area contributed by atoms with Crippen molar-refractivity contribution in [2.24, 2.45) is 0 Å². The van der Waals surface area contributed by atoms with Crippen molar-refractivity contribution >= 4 is 72.7 Å². The Hall–Kier alpha value is -4.85.